The van der Waals surface area contributed by atoms with E-state index in [4.69, 9.17) is 0 Å². The molecule has 33 heavy (non-hydrogen) atoms. The lowest BCUT2D eigenvalue weighted by molar-refractivity contribution is 0.0691. The highest BCUT2D eigenvalue weighted by atomic mass is 16.4. The van der Waals surface area contributed by atoms with Gasteiger partial charge in [0, 0.05) is 48.3 Å². The second-order valence-corrected chi connectivity index (χ2v) is 9.13. The average molecular weight is 453 g/mol. The molecule has 176 valence electrons. The van der Waals surface area contributed by atoms with E-state index in [1.54, 1.807) is 0 Å². The Morgan fingerprint density at radius 1 is 1.27 bits per heavy atom. The third-order valence-corrected chi connectivity index (χ3v) is 6.92. The van der Waals surface area contributed by atoms with Crippen LogP contribution in [-0.4, -0.2) is 68.8 Å². The highest BCUT2D eigenvalue weighted by Gasteiger charge is 2.23. The predicted molar refractivity (Wildman–Crippen MR) is 129 cm³/mol. The van der Waals surface area contributed by atoms with Gasteiger partial charge in [0.15, 0.2) is 5.56 Å². The molecule has 3 N–H and O–H groups in total. The minimum atomic E-state index is -1.44. The standard InChI is InChI=1S/C25H32N4O4/c1-5-19-22(26-24(31)21(23(19)30)25(32)33)15-8-9-20-16(11-15)12-18(29(20)4)14-28(3)17-7-6-10-27(2)13-17/h8-9,11-12,17H,5-7,10,13-14H2,1-4H3,(H,32,33)(H2,26,30,31). The zero-order valence-corrected chi connectivity index (χ0v) is 19.7. The number of carboxylic acid groups (broad SMARTS) is 1. The van der Waals surface area contributed by atoms with E-state index in [0.717, 1.165) is 36.1 Å². The second kappa shape index (κ2) is 9.03. The van der Waals surface area contributed by atoms with Crippen molar-refractivity contribution in [2.75, 3.05) is 27.2 Å². The molecule has 2 aromatic heterocycles. The number of aryl methyl sites for hydroxylation is 1. The predicted octanol–water partition coefficient (Wildman–Crippen LogP) is 3.03. The number of aromatic hydroxyl groups is 1. The van der Waals surface area contributed by atoms with Crippen LogP contribution in [0.3, 0.4) is 0 Å². The summed E-state index contributed by atoms with van der Waals surface area (Å²) in [5.41, 5.74) is 2.47. The van der Waals surface area contributed by atoms with Gasteiger partial charge in [-0.2, -0.15) is 0 Å². The molecule has 0 bridgehead atoms. The summed E-state index contributed by atoms with van der Waals surface area (Å²) in [7, 11) is 6.41. The van der Waals surface area contributed by atoms with Crippen LogP contribution in [-0.2, 0) is 20.0 Å². The van der Waals surface area contributed by atoms with Gasteiger partial charge < -0.3 is 24.7 Å². The number of likely N-dealkylation sites (tertiary alicyclic amines) is 1. The molecule has 8 nitrogen and oxygen atoms in total. The fourth-order valence-corrected chi connectivity index (χ4v) is 5.01. The van der Waals surface area contributed by atoms with Crippen LogP contribution in [0.1, 0.15) is 41.4 Å². The van der Waals surface area contributed by atoms with Gasteiger partial charge in [0.05, 0.1) is 5.69 Å². The van der Waals surface area contributed by atoms with Gasteiger partial charge >= 0.3 is 5.97 Å². The summed E-state index contributed by atoms with van der Waals surface area (Å²) in [6.07, 6.45) is 2.81. The quantitative estimate of drug-likeness (QED) is 0.531. The summed E-state index contributed by atoms with van der Waals surface area (Å²) < 4.78 is 2.19. The van der Waals surface area contributed by atoms with Crippen molar-refractivity contribution in [1.82, 2.24) is 19.4 Å². The maximum atomic E-state index is 12.4. The normalized spacial score (nSPS) is 17.2. The lowest BCUT2D eigenvalue weighted by atomic mass is 9.99. The number of nitrogens with one attached hydrogen (secondary N) is 1. The van der Waals surface area contributed by atoms with Crippen LogP contribution in [0.5, 0.6) is 5.75 Å². The molecule has 0 amide bonds. The van der Waals surface area contributed by atoms with Gasteiger partial charge in [0.25, 0.3) is 5.56 Å². The van der Waals surface area contributed by atoms with E-state index in [1.165, 1.54) is 18.5 Å². The summed E-state index contributed by atoms with van der Waals surface area (Å²) in [5, 5.41) is 20.8. The Hall–Kier alpha value is -3.10. The number of fused-ring (bicyclic) bond motifs is 1. The zero-order chi connectivity index (χ0) is 23.9. The molecule has 3 heterocycles. The number of carbonyl (C=O) groups is 1. The lowest BCUT2D eigenvalue weighted by Crippen LogP contribution is -2.44. The minimum absolute atomic E-state index is 0.386. The van der Waals surface area contributed by atoms with Crippen molar-refractivity contribution in [2.24, 2.45) is 7.05 Å². The fourth-order valence-electron chi connectivity index (χ4n) is 5.01. The summed E-state index contributed by atoms with van der Waals surface area (Å²) in [5.74, 6) is -1.90. The molecule has 1 atom stereocenters. The molecule has 0 spiro atoms. The number of hydrogen-bond donors (Lipinski definition) is 3. The molecule has 1 saturated heterocycles. The molecule has 1 unspecified atom stereocenters. The number of aromatic carboxylic acids is 1. The van der Waals surface area contributed by atoms with Crippen molar-refractivity contribution in [3.63, 3.8) is 0 Å². The smallest absolute Gasteiger partial charge is 0.345 e. The van der Waals surface area contributed by atoms with Gasteiger partial charge in [-0.3, -0.25) is 9.69 Å². The van der Waals surface area contributed by atoms with E-state index < -0.39 is 22.8 Å². The number of carboxylic acids is 1. The summed E-state index contributed by atoms with van der Waals surface area (Å²) in [6, 6.07) is 8.58. The first-order chi connectivity index (χ1) is 15.7. The van der Waals surface area contributed by atoms with Gasteiger partial charge in [0.2, 0.25) is 0 Å². The van der Waals surface area contributed by atoms with Crippen LogP contribution in [0.15, 0.2) is 29.1 Å². The highest BCUT2D eigenvalue weighted by molar-refractivity contribution is 5.92. The highest BCUT2D eigenvalue weighted by Crippen LogP contribution is 2.32. The molecule has 1 fully saturated rings. The van der Waals surface area contributed by atoms with Gasteiger partial charge in [-0.15, -0.1) is 0 Å². The first kappa shape index (κ1) is 23.1. The van der Waals surface area contributed by atoms with Crippen LogP contribution in [0.4, 0.5) is 0 Å². The first-order valence-corrected chi connectivity index (χ1v) is 11.4. The Kier molecular flexibility index (Phi) is 6.32. The lowest BCUT2D eigenvalue weighted by Gasteiger charge is -2.35. The van der Waals surface area contributed by atoms with Crippen LogP contribution >= 0.6 is 0 Å². The maximum absolute atomic E-state index is 12.4. The van der Waals surface area contributed by atoms with Crippen LogP contribution < -0.4 is 5.56 Å². The molecule has 3 aromatic rings. The molecule has 1 aliphatic heterocycles. The number of benzene rings is 1. The Morgan fingerprint density at radius 3 is 2.70 bits per heavy atom. The van der Waals surface area contributed by atoms with Gasteiger partial charge in [-0.25, -0.2) is 4.79 Å². The number of rotatable bonds is 6. The molecule has 0 saturated carbocycles. The van der Waals surface area contributed by atoms with E-state index in [2.05, 4.69) is 46.6 Å². The number of likely N-dealkylation sites (N-methyl/N-ethyl adjacent to an activating group) is 2. The van der Waals surface area contributed by atoms with E-state index in [0.29, 0.717) is 23.7 Å². The first-order valence-electron chi connectivity index (χ1n) is 11.4. The Labute approximate surface area is 193 Å². The molecule has 0 aliphatic carbocycles. The summed E-state index contributed by atoms with van der Waals surface area (Å²) in [6.45, 7) is 4.89. The van der Waals surface area contributed by atoms with Crippen molar-refractivity contribution in [3.05, 3.63) is 51.4 Å². The third-order valence-electron chi connectivity index (χ3n) is 6.92. The van der Waals surface area contributed by atoms with Crippen molar-refractivity contribution in [1.29, 1.82) is 0 Å². The van der Waals surface area contributed by atoms with E-state index >= 15 is 0 Å². The second-order valence-electron chi connectivity index (χ2n) is 9.13. The number of piperidine rings is 1. The molecule has 0 radical (unpaired) electrons. The SMILES string of the molecule is CCc1c(-c2ccc3c(c2)cc(CN(C)C2CCCN(C)C2)n3C)[nH]c(=O)c(C(=O)O)c1O. The van der Waals surface area contributed by atoms with Crippen LogP contribution in [0.2, 0.25) is 0 Å². The molecule has 4 rings (SSSR count). The number of hydrogen-bond acceptors (Lipinski definition) is 5. The molecule has 1 aliphatic rings. The van der Waals surface area contributed by atoms with Gasteiger partial charge in [-0.05, 0) is 63.7 Å². The Morgan fingerprint density at radius 2 is 2.03 bits per heavy atom. The van der Waals surface area contributed by atoms with Crippen LogP contribution in [0.25, 0.3) is 22.2 Å². The third kappa shape index (κ3) is 4.28. The topological polar surface area (TPSA) is 102 Å². The maximum Gasteiger partial charge on any atom is 0.345 e. The Bertz CT molecular complexity index is 1260. The minimum Gasteiger partial charge on any atom is -0.506 e. The Balaban J connectivity index is 1.70. The molecular weight excluding hydrogens is 420 g/mol. The molecule has 1 aromatic carbocycles. The van der Waals surface area contributed by atoms with E-state index in [-0.39, 0.29) is 0 Å². The molecule has 8 heteroatoms. The number of aromatic nitrogens is 2. The van der Waals surface area contributed by atoms with Crippen molar-refractivity contribution >= 4 is 16.9 Å². The largest absolute Gasteiger partial charge is 0.506 e. The van der Waals surface area contributed by atoms with Crippen molar-refractivity contribution < 1.29 is 15.0 Å². The van der Waals surface area contributed by atoms with Gasteiger partial charge in [0.1, 0.15) is 5.75 Å². The number of aromatic amines is 1. The fraction of sp³-hybridized carbons (Fsp3) is 0.440. The van der Waals surface area contributed by atoms with E-state index in [9.17, 15) is 19.8 Å². The zero-order valence-electron chi connectivity index (χ0n) is 19.7. The van der Waals surface area contributed by atoms with E-state index in [1.807, 2.05) is 25.1 Å². The number of pyridine rings is 1. The molecular formula is C25H32N4O4. The monoisotopic (exact) mass is 452 g/mol. The van der Waals surface area contributed by atoms with Crippen molar-refractivity contribution in [2.45, 2.75) is 38.8 Å². The summed E-state index contributed by atoms with van der Waals surface area (Å²) >= 11 is 0. The van der Waals surface area contributed by atoms with Gasteiger partial charge in [-0.1, -0.05) is 13.0 Å². The van der Waals surface area contributed by atoms with Crippen LogP contribution in [0, 0.1) is 0 Å². The van der Waals surface area contributed by atoms with Crippen molar-refractivity contribution in [3.8, 4) is 17.0 Å². The number of H-pyrrole nitrogens is 1. The summed E-state index contributed by atoms with van der Waals surface area (Å²) in [4.78, 5) is 31.2. The average Bonchev–Trinajstić information content (AvgIpc) is 3.07. The number of nitrogens with zero attached hydrogens (tertiary/aromatic N) is 3.